The van der Waals surface area contributed by atoms with Gasteiger partial charge in [-0.05, 0) is 37.5 Å². The average Bonchev–Trinajstić information content (AvgIpc) is 2.93. The van der Waals surface area contributed by atoms with Gasteiger partial charge in [0.2, 0.25) is 12.7 Å². The zero-order valence-electron chi connectivity index (χ0n) is 13.0. The lowest BCUT2D eigenvalue weighted by Crippen LogP contribution is -2.32. The zero-order valence-corrected chi connectivity index (χ0v) is 13.0. The van der Waals surface area contributed by atoms with E-state index in [2.05, 4.69) is 19.2 Å². The van der Waals surface area contributed by atoms with Crippen LogP contribution >= 0.6 is 0 Å². The molecule has 0 saturated heterocycles. The van der Waals surface area contributed by atoms with E-state index in [4.69, 9.17) is 9.47 Å². The summed E-state index contributed by atoms with van der Waals surface area (Å²) in [5, 5.41) is 3.07. The molecule has 0 spiro atoms. The van der Waals surface area contributed by atoms with Crippen LogP contribution in [0.2, 0.25) is 0 Å². The van der Waals surface area contributed by atoms with Crippen LogP contribution in [0.4, 0.5) is 0 Å². The van der Waals surface area contributed by atoms with Gasteiger partial charge in [0.25, 0.3) is 0 Å². The van der Waals surface area contributed by atoms with Crippen molar-refractivity contribution >= 4 is 5.91 Å². The Balaban J connectivity index is 1.71. The van der Waals surface area contributed by atoms with Crippen LogP contribution in [0.25, 0.3) is 0 Å². The van der Waals surface area contributed by atoms with Crippen LogP contribution in [-0.4, -0.2) is 18.7 Å². The highest BCUT2D eigenvalue weighted by atomic mass is 16.7. The lowest BCUT2D eigenvalue weighted by atomic mass is 10.1. The molecule has 1 heterocycles. The van der Waals surface area contributed by atoms with Gasteiger partial charge in [-0.1, -0.05) is 32.3 Å². The summed E-state index contributed by atoms with van der Waals surface area (Å²) in [5.41, 5.74) is 1.10. The second-order valence-corrected chi connectivity index (χ2v) is 5.65. The molecule has 0 saturated carbocycles. The summed E-state index contributed by atoms with van der Waals surface area (Å²) < 4.78 is 10.6. The summed E-state index contributed by atoms with van der Waals surface area (Å²) in [7, 11) is 0. The monoisotopic (exact) mass is 291 g/mol. The average molecular weight is 291 g/mol. The van der Waals surface area contributed by atoms with E-state index in [0.717, 1.165) is 29.9 Å². The van der Waals surface area contributed by atoms with Crippen molar-refractivity contribution in [1.29, 1.82) is 0 Å². The van der Waals surface area contributed by atoms with Gasteiger partial charge in [0.1, 0.15) is 0 Å². The Labute approximate surface area is 126 Å². The molecule has 4 heteroatoms. The van der Waals surface area contributed by atoms with Crippen LogP contribution < -0.4 is 14.8 Å². The van der Waals surface area contributed by atoms with Crippen LogP contribution in [0.1, 0.15) is 51.5 Å². The minimum Gasteiger partial charge on any atom is -0.454 e. The van der Waals surface area contributed by atoms with Crippen molar-refractivity contribution in [3.8, 4) is 11.5 Å². The first kappa shape index (κ1) is 15.7. The number of nitrogens with one attached hydrogen (secondary N) is 1. The normalized spacial score (nSPS) is 14.0. The number of hydrogen-bond donors (Lipinski definition) is 1. The highest BCUT2D eigenvalue weighted by Gasteiger charge is 2.14. The Bertz CT molecular complexity index is 473. The Hall–Kier alpha value is -1.71. The van der Waals surface area contributed by atoms with Gasteiger partial charge >= 0.3 is 0 Å². The molecule has 2 rings (SSSR count). The number of benzene rings is 1. The minimum absolute atomic E-state index is 0.122. The van der Waals surface area contributed by atoms with Crippen LogP contribution in [0.5, 0.6) is 11.5 Å². The summed E-state index contributed by atoms with van der Waals surface area (Å²) in [4.78, 5) is 11.9. The summed E-state index contributed by atoms with van der Waals surface area (Å²) in [5.74, 6) is 1.69. The minimum atomic E-state index is 0.122. The summed E-state index contributed by atoms with van der Waals surface area (Å²) in [6, 6.07) is 6.12. The Morgan fingerprint density at radius 1 is 1.29 bits per heavy atom. The molecule has 116 valence electrons. The molecule has 1 aromatic rings. The Morgan fingerprint density at radius 3 is 2.90 bits per heavy atom. The van der Waals surface area contributed by atoms with E-state index in [0.29, 0.717) is 6.42 Å². The molecule has 21 heavy (non-hydrogen) atoms. The first-order chi connectivity index (χ1) is 10.2. The zero-order chi connectivity index (χ0) is 15.1. The van der Waals surface area contributed by atoms with E-state index >= 15 is 0 Å². The van der Waals surface area contributed by atoms with Crippen molar-refractivity contribution in [2.45, 2.75) is 58.4 Å². The lowest BCUT2D eigenvalue weighted by molar-refractivity contribution is -0.121. The Kier molecular flexibility index (Phi) is 5.90. The third kappa shape index (κ3) is 4.96. The fourth-order valence-electron chi connectivity index (χ4n) is 2.47. The van der Waals surface area contributed by atoms with Gasteiger partial charge < -0.3 is 14.8 Å². The first-order valence-corrected chi connectivity index (χ1v) is 7.87. The van der Waals surface area contributed by atoms with Crippen molar-refractivity contribution in [1.82, 2.24) is 5.32 Å². The van der Waals surface area contributed by atoms with Crippen molar-refractivity contribution in [2.24, 2.45) is 0 Å². The standard InChI is InChI=1S/C17H25NO3/c1-3-4-5-6-13(2)18-17(19)10-8-14-7-9-15-16(11-14)21-12-20-15/h7,9,11,13H,3-6,8,10,12H2,1-2H3,(H,18,19). The van der Waals surface area contributed by atoms with Crippen LogP contribution in [0.3, 0.4) is 0 Å². The Morgan fingerprint density at radius 2 is 2.10 bits per heavy atom. The van der Waals surface area contributed by atoms with Crippen molar-refractivity contribution in [3.63, 3.8) is 0 Å². The molecule has 0 aliphatic carbocycles. The van der Waals surface area contributed by atoms with Crippen LogP contribution in [0.15, 0.2) is 18.2 Å². The molecule has 1 aromatic carbocycles. The van der Waals surface area contributed by atoms with Crippen molar-refractivity contribution in [3.05, 3.63) is 23.8 Å². The molecule has 0 fully saturated rings. The van der Waals surface area contributed by atoms with Gasteiger partial charge in [-0.2, -0.15) is 0 Å². The number of fused-ring (bicyclic) bond motifs is 1. The topological polar surface area (TPSA) is 47.6 Å². The number of hydrogen-bond acceptors (Lipinski definition) is 3. The van der Waals surface area contributed by atoms with E-state index < -0.39 is 0 Å². The molecule has 1 amide bonds. The first-order valence-electron chi connectivity index (χ1n) is 7.87. The van der Waals surface area contributed by atoms with Gasteiger partial charge in [0, 0.05) is 12.5 Å². The number of carbonyl (C=O) groups excluding carboxylic acids is 1. The molecule has 0 radical (unpaired) electrons. The number of unbranched alkanes of at least 4 members (excludes halogenated alkanes) is 2. The molecule has 4 nitrogen and oxygen atoms in total. The molecule has 0 aromatic heterocycles. The predicted octanol–water partition coefficient (Wildman–Crippen LogP) is 3.43. The summed E-state index contributed by atoms with van der Waals surface area (Å²) in [6.07, 6.45) is 5.92. The smallest absolute Gasteiger partial charge is 0.231 e. The third-order valence-electron chi connectivity index (χ3n) is 3.73. The number of aryl methyl sites for hydroxylation is 1. The largest absolute Gasteiger partial charge is 0.454 e. The van der Waals surface area contributed by atoms with E-state index in [1.165, 1.54) is 19.3 Å². The van der Waals surface area contributed by atoms with Crippen LogP contribution in [-0.2, 0) is 11.2 Å². The molecule has 1 atom stereocenters. The third-order valence-corrected chi connectivity index (χ3v) is 3.73. The van der Waals surface area contributed by atoms with E-state index in [-0.39, 0.29) is 18.7 Å². The maximum Gasteiger partial charge on any atom is 0.231 e. The summed E-state index contributed by atoms with van der Waals surface area (Å²) in [6.45, 7) is 4.55. The van der Waals surface area contributed by atoms with Gasteiger partial charge in [0.05, 0.1) is 0 Å². The van der Waals surface area contributed by atoms with Gasteiger partial charge in [0.15, 0.2) is 11.5 Å². The van der Waals surface area contributed by atoms with Gasteiger partial charge in [-0.3, -0.25) is 4.79 Å². The highest BCUT2D eigenvalue weighted by molar-refractivity contribution is 5.76. The molecular formula is C17H25NO3. The molecule has 1 aliphatic heterocycles. The van der Waals surface area contributed by atoms with Gasteiger partial charge in [-0.25, -0.2) is 0 Å². The number of carbonyl (C=O) groups is 1. The fraction of sp³-hybridized carbons (Fsp3) is 0.588. The summed E-state index contributed by atoms with van der Waals surface area (Å²) >= 11 is 0. The van der Waals surface area contributed by atoms with E-state index in [1.807, 2.05) is 18.2 Å². The van der Waals surface area contributed by atoms with Crippen LogP contribution in [0, 0.1) is 0 Å². The predicted molar refractivity (Wildman–Crippen MR) is 82.6 cm³/mol. The second kappa shape index (κ2) is 7.91. The van der Waals surface area contributed by atoms with Crippen molar-refractivity contribution in [2.75, 3.05) is 6.79 Å². The molecular weight excluding hydrogens is 266 g/mol. The molecule has 1 N–H and O–H groups in total. The molecule has 1 unspecified atom stereocenters. The number of ether oxygens (including phenoxy) is 2. The maximum absolute atomic E-state index is 11.9. The van der Waals surface area contributed by atoms with Crippen molar-refractivity contribution < 1.29 is 14.3 Å². The maximum atomic E-state index is 11.9. The SMILES string of the molecule is CCCCCC(C)NC(=O)CCc1ccc2c(c1)OCO2. The lowest BCUT2D eigenvalue weighted by Gasteiger charge is -2.13. The molecule has 1 aliphatic rings. The molecule has 0 bridgehead atoms. The van der Waals surface area contributed by atoms with Gasteiger partial charge in [-0.15, -0.1) is 0 Å². The number of rotatable bonds is 8. The quantitative estimate of drug-likeness (QED) is 0.746. The van der Waals surface area contributed by atoms with E-state index in [1.54, 1.807) is 0 Å². The number of amides is 1. The second-order valence-electron chi connectivity index (χ2n) is 5.65. The highest BCUT2D eigenvalue weighted by Crippen LogP contribution is 2.32. The fourth-order valence-corrected chi connectivity index (χ4v) is 2.47. The van der Waals surface area contributed by atoms with E-state index in [9.17, 15) is 4.79 Å².